The molecule has 4 aliphatic carbocycles. The van der Waals surface area contributed by atoms with E-state index in [4.69, 9.17) is 9.47 Å². The van der Waals surface area contributed by atoms with Gasteiger partial charge in [0.2, 0.25) is 5.78 Å². The Balaban J connectivity index is 1.63. The van der Waals surface area contributed by atoms with E-state index >= 15 is 0 Å². The van der Waals surface area contributed by atoms with Gasteiger partial charge in [-0.25, -0.2) is 0 Å². The zero-order valence-corrected chi connectivity index (χ0v) is 21.1. The van der Waals surface area contributed by atoms with Crippen LogP contribution in [0.4, 0.5) is 0 Å². The number of ether oxygens (including phenoxy) is 2. The maximum absolute atomic E-state index is 13.4. The van der Waals surface area contributed by atoms with Crippen molar-refractivity contribution in [1.82, 2.24) is 0 Å². The fourth-order valence-electron chi connectivity index (χ4n) is 7.60. The molecule has 35 heavy (non-hydrogen) atoms. The first-order chi connectivity index (χ1) is 16.9. The Hall–Kier alpha value is -2.53. The van der Waals surface area contributed by atoms with Gasteiger partial charge in [-0.1, -0.05) is 36.8 Å². The normalized spacial score (nSPS) is 31.9. The van der Waals surface area contributed by atoms with Crippen molar-refractivity contribution in [2.75, 3.05) is 13.7 Å². The minimum Gasteiger partial charge on any atom is -0.451 e. The highest BCUT2D eigenvalue weighted by Crippen LogP contribution is 2.62. The highest BCUT2D eigenvalue weighted by molar-refractivity contribution is 5.93. The molecule has 4 aliphatic rings. The molecule has 0 aliphatic heterocycles. The molecule has 186 valence electrons. The summed E-state index contributed by atoms with van der Waals surface area (Å²) in [5, 5.41) is 0. The van der Waals surface area contributed by atoms with Gasteiger partial charge in [-0.15, -0.1) is 0 Å². The summed E-state index contributed by atoms with van der Waals surface area (Å²) in [7, 11) is 1.52. The smallest absolute Gasteiger partial charge is 0.303 e. The number of fused-ring (bicyclic) bond motifs is 4. The monoisotopic (exact) mass is 476 g/mol. The first-order valence-corrected chi connectivity index (χ1v) is 13.1. The Labute approximate surface area is 207 Å². The van der Waals surface area contributed by atoms with Gasteiger partial charge >= 0.3 is 5.97 Å². The maximum atomic E-state index is 13.4. The van der Waals surface area contributed by atoms with E-state index in [0.717, 1.165) is 38.5 Å². The molecule has 0 heterocycles. The van der Waals surface area contributed by atoms with Gasteiger partial charge in [-0.3, -0.25) is 14.4 Å². The van der Waals surface area contributed by atoms with Crippen molar-refractivity contribution in [1.29, 1.82) is 0 Å². The van der Waals surface area contributed by atoms with Gasteiger partial charge in [0, 0.05) is 32.3 Å². The molecule has 5 atom stereocenters. The van der Waals surface area contributed by atoms with E-state index in [1.807, 2.05) is 6.08 Å². The molecule has 0 spiro atoms. The predicted molar refractivity (Wildman–Crippen MR) is 133 cm³/mol. The van der Waals surface area contributed by atoms with E-state index in [-0.39, 0.29) is 30.0 Å². The Morgan fingerprint density at radius 1 is 1.09 bits per heavy atom. The summed E-state index contributed by atoms with van der Waals surface area (Å²) in [5.41, 5.74) is 5.54. The van der Waals surface area contributed by atoms with Crippen molar-refractivity contribution in [2.45, 2.75) is 76.7 Å². The first-order valence-electron chi connectivity index (χ1n) is 13.1. The lowest BCUT2D eigenvalue weighted by molar-refractivity contribution is -0.174. The minimum atomic E-state index is -1.11. The van der Waals surface area contributed by atoms with Crippen LogP contribution in [0.5, 0.6) is 0 Å². The van der Waals surface area contributed by atoms with Crippen LogP contribution in [0.2, 0.25) is 0 Å². The zero-order valence-electron chi connectivity index (χ0n) is 21.1. The number of benzene rings is 1. The van der Waals surface area contributed by atoms with Crippen LogP contribution in [0, 0.1) is 17.8 Å². The number of ketones is 2. The molecule has 1 aromatic rings. The Bertz CT molecular complexity index is 1090. The van der Waals surface area contributed by atoms with Crippen LogP contribution >= 0.6 is 0 Å². The van der Waals surface area contributed by atoms with Crippen LogP contribution in [0.1, 0.15) is 75.8 Å². The number of esters is 1. The standard InChI is InChI=1S/C30H36O5/c1-4-19-5-7-20(8-6-19)26-16-27-24(13-14-30(27,35-18(2)31)28(33)17-34-3)25-11-9-21-15-22(32)10-12-23(21)29(25)26/h5-8,15,24-27H,4,9-14,16-17H2,1-3H3/t24?,25?,26-,27?,30-/m1/s1. The molecule has 0 N–H and O–H groups in total. The number of carbonyl (C=O) groups excluding carboxylic acids is 3. The van der Waals surface area contributed by atoms with E-state index in [1.54, 1.807) is 0 Å². The molecule has 5 nitrogen and oxygen atoms in total. The lowest BCUT2D eigenvalue weighted by Crippen LogP contribution is -2.52. The van der Waals surface area contributed by atoms with Crippen molar-refractivity contribution in [2.24, 2.45) is 17.8 Å². The summed E-state index contributed by atoms with van der Waals surface area (Å²) >= 11 is 0. The molecule has 0 radical (unpaired) electrons. The molecule has 5 rings (SSSR count). The average molecular weight is 477 g/mol. The molecule has 0 bridgehead atoms. The fraction of sp³-hybridized carbons (Fsp3) is 0.567. The number of methoxy groups -OCH3 is 1. The van der Waals surface area contributed by atoms with Gasteiger partial charge in [0.05, 0.1) is 0 Å². The summed E-state index contributed by atoms with van der Waals surface area (Å²) in [5.74, 6) is 0.486. The van der Waals surface area contributed by atoms with Gasteiger partial charge in [0.15, 0.2) is 11.4 Å². The van der Waals surface area contributed by atoms with E-state index in [1.165, 1.54) is 41.9 Å². The second-order valence-electron chi connectivity index (χ2n) is 10.7. The van der Waals surface area contributed by atoms with Crippen molar-refractivity contribution < 1.29 is 23.9 Å². The van der Waals surface area contributed by atoms with Gasteiger partial charge in [-0.05, 0) is 85.1 Å². The summed E-state index contributed by atoms with van der Waals surface area (Å²) in [6.07, 6.45) is 8.36. The topological polar surface area (TPSA) is 69.7 Å². The van der Waals surface area contributed by atoms with Crippen molar-refractivity contribution in [3.05, 3.63) is 58.2 Å². The van der Waals surface area contributed by atoms with E-state index < -0.39 is 11.6 Å². The number of aryl methyl sites for hydroxylation is 1. The molecule has 1 aromatic carbocycles. The number of Topliss-reactive ketones (excluding diaryl/α,β-unsaturated/α-hetero) is 1. The second kappa shape index (κ2) is 9.50. The highest BCUT2D eigenvalue weighted by atomic mass is 16.6. The van der Waals surface area contributed by atoms with Crippen LogP contribution in [0.15, 0.2) is 47.1 Å². The Kier molecular flexibility index (Phi) is 6.56. The van der Waals surface area contributed by atoms with Crippen molar-refractivity contribution in [3.63, 3.8) is 0 Å². The summed E-state index contributed by atoms with van der Waals surface area (Å²) in [4.78, 5) is 37.9. The number of allylic oxidation sites excluding steroid dienone is 4. The van der Waals surface area contributed by atoms with E-state index in [9.17, 15) is 14.4 Å². The van der Waals surface area contributed by atoms with Crippen molar-refractivity contribution >= 4 is 17.5 Å². The summed E-state index contributed by atoms with van der Waals surface area (Å²) < 4.78 is 11.2. The van der Waals surface area contributed by atoms with Gasteiger partial charge in [0.25, 0.3) is 0 Å². The van der Waals surface area contributed by atoms with Gasteiger partial charge in [-0.2, -0.15) is 0 Å². The third kappa shape index (κ3) is 4.12. The summed E-state index contributed by atoms with van der Waals surface area (Å²) in [6.45, 7) is 3.52. The molecular weight excluding hydrogens is 440 g/mol. The predicted octanol–water partition coefficient (Wildman–Crippen LogP) is 5.28. The number of hydrogen-bond acceptors (Lipinski definition) is 5. The Morgan fingerprint density at radius 3 is 2.54 bits per heavy atom. The molecule has 3 unspecified atom stereocenters. The SMILES string of the molecule is CCc1ccc([C@H]2CC3C(CC[C@]3(OC(C)=O)C(=O)COC)C3CCC4=CC(=O)CCC4=C32)cc1. The minimum absolute atomic E-state index is 0.0324. The number of carbonyl (C=O) groups is 3. The van der Waals surface area contributed by atoms with Crippen LogP contribution in [-0.4, -0.2) is 36.9 Å². The van der Waals surface area contributed by atoms with Crippen LogP contribution in [0.25, 0.3) is 0 Å². The number of rotatable bonds is 6. The largest absolute Gasteiger partial charge is 0.451 e. The van der Waals surface area contributed by atoms with E-state index in [0.29, 0.717) is 24.7 Å². The quantitative estimate of drug-likeness (QED) is 0.523. The van der Waals surface area contributed by atoms with Crippen LogP contribution in [0.3, 0.4) is 0 Å². The fourth-order valence-corrected chi connectivity index (χ4v) is 7.60. The maximum Gasteiger partial charge on any atom is 0.303 e. The second-order valence-corrected chi connectivity index (χ2v) is 10.7. The molecule has 5 heteroatoms. The lowest BCUT2D eigenvalue weighted by Gasteiger charge is -2.49. The van der Waals surface area contributed by atoms with Gasteiger partial charge < -0.3 is 9.47 Å². The van der Waals surface area contributed by atoms with E-state index in [2.05, 4.69) is 31.2 Å². The summed E-state index contributed by atoms with van der Waals surface area (Å²) in [6, 6.07) is 8.88. The first kappa shape index (κ1) is 24.2. The zero-order chi connectivity index (χ0) is 24.7. The van der Waals surface area contributed by atoms with Crippen LogP contribution < -0.4 is 0 Å². The molecule has 0 saturated heterocycles. The molecule has 2 saturated carbocycles. The van der Waals surface area contributed by atoms with Crippen molar-refractivity contribution in [3.8, 4) is 0 Å². The molecule has 0 aromatic heterocycles. The van der Waals surface area contributed by atoms with Gasteiger partial charge in [0.1, 0.15) is 6.61 Å². The lowest BCUT2D eigenvalue weighted by atomic mass is 9.56. The molecular formula is C30H36O5. The highest BCUT2D eigenvalue weighted by Gasteiger charge is 2.61. The Morgan fingerprint density at radius 2 is 1.86 bits per heavy atom. The molecule has 0 amide bonds. The third-order valence-corrected chi connectivity index (χ3v) is 9.03. The van der Waals surface area contributed by atoms with Crippen LogP contribution in [-0.2, 0) is 30.3 Å². The molecule has 2 fully saturated rings. The number of hydrogen-bond donors (Lipinski definition) is 0. The average Bonchev–Trinajstić information content (AvgIpc) is 3.22. The third-order valence-electron chi connectivity index (χ3n) is 9.03.